The molecule has 24 heavy (non-hydrogen) atoms. The summed E-state index contributed by atoms with van der Waals surface area (Å²) in [7, 11) is 1.58. The predicted molar refractivity (Wildman–Crippen MR) is 93.1 cm³/mol. The zero-order valence-corrected chi connectivity index (χ0v) is 14.0. The molecule has 2 aromatic carbocycles. The van der Waals surface area contributed by atoms with Crippen LogP contribution in [0.4, 0.5) is 0 Å². The Bertz CT molecular complexity index is 740. The zero-order valence-electron chi connectivity index (χ0n) is 14.0. The number of hydrogen-bond acceptors (Lipinski definition) is 4. The molecule has 2 rings (SSSR count). The first-order valence-corrected chi connectivity index (χ1v) is 7.69. The van der Waals surface area contributed by atoms with Crippen molar-refractivity contribution in [2.24, 2.45) is 0 Å². The number of ether oxygens (including phenoxy) is 2. The SMILES string of the molecule is CCOC(=O)C(=Cc1ccc(OC)cc1)C(=O)c1ccc(C)cc1. The van der Waals surface area contributed by atoms with Crippen molar-refractivity contribution in [3.8, 4) is 5.75 Å². The summed E-state index contributed by atoms with van der Waals surface area (Å²) >= 11 is 0. The molecule has 0 fully saturated rings. The number of benzene rings is 2. The Hall–Kier alpha value is -2.88. The van der Waals surface area contributed by atoms with Crippen molar-refractivity contribution >= 4 is 17.8 Å². The predicted octanol–water partition coefficient (Wildman–Crippen LogP) is 3.83. The van der Waals surface area contributed by atoms with Gasteiger partial charge in [-0.15, -0.1) is 0 Å². The van der Waals surface area contributed by atoms with E-state index in [9.17, 15) is 9.59 Å². The molecule has 4 heteroatoms. The minimum Gasteiger partial charge on any atom is -0.497 e. The van der Waals surface area contributed by atoms with E-state index in [1.165, 1.54) is 0 Å². The second-order valence-corrected chi connectivity index (χ2v) is 5.25. The summed E-state index contributed by atoms with van der Waals surface area (Å²) in [5, 5.41) is 0. The Morgan fingerprint density at radius 2 is 1.62 bits per heavy atom. The second kappa shape index (κ2) is 8.11. The molecule has 0 N–H and O–H groups in total. The average Bonchev–Trinajstić information content (AvgIpc) is 2.60. The van der Waals surface area contributed by atoms with Crippen LogP contribution in [-0.4, -0.2) is 25.5 Å². The molecular weight excluding hydrogens is 304 g/mol. The maximum Gasteiger partial charge on any atom is 0.342 e. The van der Waals surface area contributed by atoms with Gasteiger partial charge in [0, 0.05) is 5.56 Å². The molecule has 0 aliphatic heterocycles. The topological polar surface area (TPSA) is 52.6 Å². The molecule has 0 atom stereocenters. The van der Waals surface area contributed by atoms with E-state index >= 15 is 0 Å². The van der Waals surface area contributed by atoms with Crippen molar-refractivity contribution in [2.45, 2.75) is 13.8 Å². The molecule has 0 aliphatic rings. The number of methoxy groups -OCH3 is 1. The Morgan fingerprint density at radius 3 is 2.17 bits per heavy atom. The molecule has 4 nitrogen and oxygen atoms in total. The number of rotatable bonds is 6. The van der Waals surface area contributed by atoms with Crippen LogP contribution < -0.4 is 4.74 Å². The van der Waals surface area contributed by atoms with Gasteiger partial charge in [0.2, 0.25) is 0 Å². The van der Waals surface area contributed by atoms with Gasteiger partial charge in [-0.05, 0) is 37.6 Å². The van der Waals surface area contributed by atoms with Crippen molar-refractivity contribution in [1.29, 1.82) is 0 Å². The summed E-state index contributed by atoms with van der Waals surface area (Å²) in [6, 6.07) is 14.2. The van der Waals surface area contributed by atoms with Gasteiger partial charge < -0.3 is 9.47 Å². The van der Waals surface area contributed by atoms with E-state index in [-0.39, 0.29) is 18.0 Å². The maximum absolute atomic E-state index is 12.7. The van der Waals surface area contributed by atoms with Gasteiger partial charge in [0.1, 0.15) is 11.3 Å². The van der Waals surface area contributed by atoms with Gasteiger partial charge in [0.25, 0.3) is 0 Å². The Morgan fingerprint density at radius 1 is 1.00 bits per heavy atom. The molecule has 0 heterocycles. The van der Waals surface area contributed by atoms with Gasteiger partial charge in [-0.2, -0.15) is 0 Å². The van der Waals surface area contributed by atoms with Crippen LogP contribution in [0.1, 0.15) is 28.4 Å². The van der Waals surface area contributed by atoms with Gasteiger partial charge in [-0.25, -0.2) is 4.79 Å². The Kier molecular flexibility index (Phi) is 5.90. The lowest BCUT2D eigenvalue weighted by Gasteiger charge is -2.07. The van der Waals surface area contributed by atoms with Crippen LogP contribution in [0, 0.1) is 6.92 Å². The van der Waals surface area contributed by atoms with Crippen LogP contribution in [0.5, 0.6) is 5.75 Å². The number of aryl methyl sites for hydroxylation is 1. The van der Waals surface area contributed by atoms with Gasteiger partial charge in [0.05, 0.1) is 13.7 Å². The highest BCUT2D eigenvalue weighted by atomic mass is 16.5. The molecule has 0 amide bonds. The maximum atomic E-state index is 12.7. The molecule has 0 bridgehead atoms. The van der Waals surface area contributed by atoms with E-state index in [0.717, 1.165) is 11.1 Å². The number of ketones is 1. The minimum absolute atomic E-state index is 0.00544. The van der Waals surface area contributed by atoms with Crippen LogP contribution in [0.2, 0.25) is 0 Å². The summed E-state index contributed by atoms with van der Waals surface area (Å²) in [6.45, 7) is 3.85. The third-order valence-electron chi connectivity index (χ3n) is 3.48. The first-order valence-electron chi connectivity index (χ1n) is 7.69. The minimum atomic E-state index is -0.626. The third kappa shape index (κ3) is 4.32. The molecule has 0 aliphatic carbocycles. The fourth-order valence-corrected chi connectivity index (χ4v) is 2.15. The highest BCUT2D eigenvalue weighted by molar-refractivity contribution is 6.26. The van der Waals surface area contributed by atoms with E-state index < -0.39 is 5.97 Å². The highest BCUT2D eigenvalue weighted by Crippen LogP contribution is 2.18. The number of carbonyl (C=O) groups is 2. The lowest BCUT2D eigenvalue weighted by atomic mass is 10.00. The standard InChI is InChI=1S/C20H20O4/c1-4-24-20(22)18(13-15-7-11-17(23-3)12-8-15)19(21)16-9-5-14(2)6-10-16/h5-13H,4H2,1-3H3. The Labute approximate surface area is 141 Å². The van der Waals surface area contributed by atoms with Crippen molar-refractivity contribution in [3.63, 3.8) is 0 Å². The van der Waals surface area contributed by atoms with Gasteiger partial charge in [-0.3, -0.25) is 4.79 Å². The number of hydrogen-bond donors (Lipinski definition) is 0. The van der Waals surface area contributed by atoms with E-state index in [4.69, 9.17) is 9.47 Å². The summed E-state index contributed by atoms with van der Waals surface area (Å²) < 4.78 is 10.1. The van der Waals surface area contributed by atoms with Crippen molar-refractivity contribution in [1.82, 2.24) is 0 Å². The molecule has 0 aromatic heterocycles. The lowest BCUT2D eigenvalue weighted by Crippen LogP contribution is -2.16. The summed E-state index contributed by atoms with van der Waals surface area (Å²) in [6.07, 6.45) is 1.54. The van der Waals surface area contributed by atoms with Crippen molar-refractivity contribution in [3.05, 3.63) is 70.8 Å². The van der Waals surface area contributed by atoms with Crippen molar-refractivity contribution < 1.29 is 19.1 Å². The number of esters is 1. The van der Waals surface area contributed by atoms with E-state index in [2.05, 4.69) is 0 Å². The van der Waals surface area contributed by atoms with Crippen LogP contribution in [0.15, 0.2) is 54.1 Å². The van der Waals surface area contributed by atoms with Crippen molar-refractivity contribution in [2.75, 3.05) is 13.7 Å². The lowest BCUT2D eigenvalue weighted by molar-refractivity contribution is -0.137. The first-order chi connectivity index (χ1) is 11.5. The molecule has 0 radical (unpaired) electrons. The largest absolute Gasteiger partial charge is 0.497 e. The third-order valence-corrected chi connectivity index (χ3v) is 3.48. The van der Waals surface area contributed by atoms with Gasteiger partial charge in [0.15, 0.2) is 5.78 Å². The molecule has 2 aromatic rings. The summed E-state index contributed by atoms with van der Waals surface area (Å²) in [5.41, 5.74) is 2.22. The number of Topliss-reactive ketones (excluding diaryl/α,β-unsaturated/α-hetero) is 1. The molecule has 0 saturated carbocycles. The molecular formula is C20H20O4. The summed E-state index contributed by atoms with van der Waals surface area (Å²) in [5.74, 6) is -0.280. The smallest absolute Gasteiger partial charge is 0.342 e. The van der Waals surface area contributed by atoms with Gasteiger partial charge >= 0.3 is 5.97 Å². The first kappa shape index (κ1) is 17.5. The van der Waals surface area contributed by atoms with Gasteiger partial charge in [-0.1, -0.05) is 42.0 Å². The second-order valence-electron chi connectivity index (χ2n) is 5.25. The molecule has 0 unspecified atom stereocenters. The monoisotopic (exact) mass is 324 g/mol. The van der Waals surface area contributed by atoms with E-state index in [0.29, 0.717) is 11.3 Å². The summed E-state index contributed by atoms with van der Waals surface area (Å²) in [4.78, 5) is 24.9. The van der Waals surface area contributed by atoms with E-state index in [1.807, 2.05) is 19.1 Å². The van der Waals surface area contributed by atoms with Crippen LogP contribution in [0.3, 0.4) is 0 Å². The van der Waals surface area contributed by atoms with Crippen LogP contribution in [-0.2, 0) is 9.53 Å². The van der Waals surface area contributed by atoms with E-state index in [1.54, 1.807) is 56.5 Å². The average molecular weight is 324 g/mol. The normalized spacial score (nSPS) is 11.0. The zero-order chi connectivity index (χ0) is 17.5. The number of carbonyl (C=O) groups excluding carboxylic acids is 2. The Balaban J connectivity index is 2.39. The van der Waals surface area contributed by atoms with Crippen LogP contribution in [0.25, 0.3) is 6.08 Å². The van der Waals surface area contributed by atoms with Crippen LogP contribution >= 0.6 is 0 Å². The quantitative estimate of drug-likeness (QED) is 0.266. The molecule has 0 saturated heterocycles. The molecule has 124 valence electrons. The molecule has 0 spiro atoms. The highest BCUT2D eigenvalue weighted by Gasteiger charge is 2.21. The fourth-order valence-electron chi connectivity index (χ4n) is 2.15. The fraction of sp³-hybridized carbons (Fsp3) is 0.200.